The van der Waals surface area contributed by atoms with Gasteiger partial charge >= 0.3 is 5.97 Å². The van der Waals surface area contributed by atoms with E-state index < -0.39 is 17.4 Å². The van der Waals surface area contributed by atoms with Crippen LogP contribution in [0.3, 0.4) is 0 Å². The molecule has 0 atom stereocenters. The Morgan fingerprint density at radius 1 is 1.04 bits per heavy atom. The summed E-state index contributed by atoms with van der Waals surface area (Å²) in [5, 5.41) is 17.4. The second kappa shape index (κ2) is 7.60. The lowest BCUT2D eigenvalue weighted by atomic mass is 10.1. The topological polar surface area (TPSA) is 101 Å². The lowest BCUT2D eigenvalue weighted by Gasteiger charge is -2.08. The number of aliphatic carboxylic acids is 1. The number of benzene rings is 2. The van der Waals surface area contributed by atoms with E-state index in [2.05, 4.69) is 10.4 Å². The molecule has 26 heavy (non-hydrogen) atoms. The van der Waals surface area contributed by atoms with Gasteiger partial charge in [-0.2, -0.15) is 5.10 Å². The molecule has 0 aliphatic heterocycles. The predicted octanol–water partition coefficient (Wildman–Crippen LogP) is 1.65. The zero-order chi connectivity index (χ0) is 18.5. The Balaban J connectivity index is 1.81. The molecule has 2 aromatic carbocycles. The summed E-state index contributed by atoms with van der Waals surface area (Å²) in [6.45, 7) is -0.257. The van der Waals surface area contributed by atoms with Crippen LogP contribution in [0.5, 0.6) is 0 Å². The third-order valence-corrected chi connectivity index (χ3v) is 3.87. The monoisotopic (exact) mass is 351 g/mol. The van der Waals surface area contributed by atoms with Crippen LogP contribution < -0.4 is 10.9 Å². The number of carbonyl (C=O) groups is 2. The predicted molar refractivity (Wildman–Crippen MR) is 96.7 cm³/mol. The Bertz CT molecular complexity index is 1030. The molecule has 3 aromatic rings. The highest BCUT2D eigenvalue weighted by atomic mass is 16.4. The van der Waals surface area contributed by atoms with Crippen molar-refractivity contribution in [2.45, 2.75) is 13.0 Å². The first-order valence-electron chi connectivity index (χ1n) is 8.09. The van der Waals surface area contributed by atoms with Crippen molar-refractivity contribution in [1.82, 2.24) is 15.1 Å². The summed E-state index contributed by atoms with van der Waals surface area (Å²) >= 11 is 0. The van der Waals surface area contributed by atoms with Crippen molar-refractivity contribution < 1.29 is 14.7 Å². The lowest BCUT2D eigenvalue weighted by molar-refractivity contribution is -0.136. The summed E-state index contributed by atoms with van der Waals surface area (Å²) in [4.78, 5) is 34.3. The molecule has 0 aliphatic rings. The summed E-state index contributed by atoms with van der Waals surface area (Å²) in [5.41, 5.74) is 1.01. The molecule has 0 bridgehead atoms. The van der Waals surface area contributed by atoms with Gasteiger partial charge in [-0.3, -0.25) is 14.4 Å². The zero-order valence-corrected chi connectivity index (χ0v) is 13.9. The Kier molecular flexibility index (Phi) is 5.07. The molecule has 0 aliphatic carbocycles. The summed E-state index contributed by atoms with van der Waals surface area (Å²) < 4.78 is 1.07. The number of hydrogen-bond donors (Lipinski definition) is 2. The van der Waals surface area contributed by atoms with Crippen LogP contribution in [0, 0.1) is 0 Å². The van der Waals surface area contributed by atoms with E-state index in [1.165, 1.54) is 6.07 Å². The van der Waals surface area contributed by atoms with E-state index in [4.69, 9.17) is 5.11 Å². The highest BCUT2D eigenvalue weighted by Crippen LogP contribution is 2.22. The van der Waals surface area contributed by atoms with Crippen molar-refractivity contribution in [3.05, 3.63) is 65.0 Å². The SMILES string of the molecule is O=C(O)CCNC(=O)Cn1nc(-c2ccc3ccccc3c2)ccc1=O. The molecule has 1 aromatic heterocycles. The van der Waals surface area contributed by atoms with Gasteiger partial charge in [0, 0.05) is 18.2 Å². The number of carboxylic acid groups (broad SMARTS) is 1. The molecule has 132 valence electrons. The number of rotatable bonds is 6. The van der Waals surface area contributed by atoms with Crippen LogP contribution in [0.1, 0.15) is 6.42 Å². The minimum absolute atomic E-state index is 0.00722. The molecule has 3 rings (SSSR count). The number of hydrogen-bond acceptors (Lipinski definition) is 4. The van der Waals surface area contributed by atoms with Crippen LogP contribution in [0.15, 0.2) is 59.4 Å². The minimum atomic E-state index is -1.00. The lowest BCUT2D eigenvalue weighted by Crippen LogP contribution is -2.34. The van der Waals surface area contributed by atoms with Gasteiger partial charge in [-0.25, -0.2) is 4.68 Å². The van der Waals surface area contributed by atoms with Crippen LogP contribution in [-0.4, -0.2) is 33.3 Å². The quantitative estimate of drug-likeness (QED) is 0.703. The van der Waals surface area contributed by atoms with Crippen molar-refractivity contribution in [1.29, 1.82) is 0 Å². The fourth-order valence-corrected chi connectivity index (χ4v) is 2.57. The second-order valence-electron chi connectivity index (χ2n) is 5.77. The molecule has 0 saturated carbocycles. The summed E-state index contributed by atoms with van der Waals surface area (Å²) in [6, 6.07) is 16.7. The summed E-state index contributed by atoms with van der Waals surface area (Å²) in [5.74, 6) is -1.46. The molecule has 0 fully saturated rings. The highest BCUT2D eigenvalue weighted by Gasteiger charge is 2.09. The van der Waals surface area contributed by atoms with Crippen LogP contribution in [0.2, 0.25) is 0 Å². The average Bonchev–Trinajstić information content (AvgIpc) is 2.63. The van der Waals surface area contributed by atoms with E-state index in [1.54, 1.807) is 6.07 Å². The normalized spacial score (nSPS) is 10.6. The molecule has 0 unspecified atom stereocenters. The Hall–Kier alpha value is -3.48. The van der Waals surface area contributed by atoms with Crippen molar-refractivity contribution in [2.24, 2.45) is 0 Å². The largest absolute Gasteiger partial charge is 0.481 e. The Morgan fingerprint density at radius 2 is 1.81 bits per heavy atom. The van der Waals surface area contributed by atoms with Crippen LogP contribution in [0.4, 0.5) is 0 Å². The van der Waals surface area contributed by atoms with E-state index in [1.807, 2.05) is 42.5 Å². The van der Waals surface area contributed by atoms with Gasteiger partial charge < -0.3 is 10.4 Å². The van der Waals surface area contributed by atoms with Crippen molar-refractivity contribution in [3.63, 3.8) is 0 Å². The maximum absolute atomic E-state index is 12.0. The molecular formula is C19H17N3O4. The molecule has 0 radical (unpaired) electrons. The van der Waals surface area contributed by atoms with Gasteiger partial charge in [-0.05, 0) is 22.9 Å². The Morgan fingerprint density at radius 3 is 2.58 bits per heavy atom. The van der Waals surface area contributed by atoms with Gasteiger partial charge in [-0.15, -0.1) is 0 Å². The third kappa shape index (κ3) is 4.13. The van der Waals surface area contributed by atoms with E-state index in [-0.39, 0.29) is 19.5 Å². The standard InChI is InChI=1S/C19H17N3O4/c23-17(20-10-9-19(25)26)12-22-18(24)8-7-16(21-22)15-6-5-13-3-1-2-4-14(13)11-15/h1-8,11H,9-10,12H2,(H,20,23)(H,25,26). The van der Waals surface area contributed by atoms with E-state index in [0.717, 1.165) is 21.0 Å². The minimum Gasteiger partial charge on any atom is -0.481 e. The number of carboxylic acids is 1. The molecule has 2 N–H and O–H groups in total. The highest BCUT2D eigenvalue weighted by molar-refractivity contribution is 5.86. The van der Waals surface area contributed by atoms with Gasteiger partial charge in [0.25, 0.3) is 5.56 Å². The molecule has 0 spiro atoms. The van der Waals surface area contributed by atoms with Crippen molar-refractivity contribution in [3.8, 4) is 11.3 Å². The molecule has 1 amide bonds. The molecule has 1 heterocycles. The fraction of sp³-hybridized carbons (Fsp3) is 0.158. The first kappa shape index (κ1) is 17.3. The smallest absolute Gasteiger partial charge is 0.305 e. The number of aromatic nitrogens is 2. The number of carbonyl (C=O) groups excluding carboxylic acids is 1. The average molecular weight is 351 g/mol. The first-order valence-corrected chi connectivity index (χ1v) is 8.09. The van der Waals surface area contributed by atoms with E-state index in [0.29, 0.717) is 5.69 Å². The third-order valence-electron chi connectivity index (χ3n) is 3.87. The summed E-state index contributed by atoms with van der Waals surface area (Å²) in [7, 11) is 0. The van der Waals surface area contributed by atoms with E-state index in [9.17, 15) is 14.4 Å². The number of nitrogens with one attached hydrogen (secondary N) is 1. The van der Waals surface area contributed by atoms with Crippen molar-refractivity contribution >= 4 is 22.6 Å². The molecule has 0 saturated heterocycles. The molecular weight excluding hydrogens is 334 g/mol. The zero-order valence-electron chi connectivity index (χ0n) is 13.9. The fourth-order valence-electron chi connectivity index (χ4n) is 2.57. The van der Waals surface area contributed by atoms with Crippen LogP contribution in [-0.2, 0) is 16.1 Å². The van der Waals surface area contributed by atoms with Gasteiger partial charge in [0.2, 0.25) is 5.91 Å². The van der Waals surface area contributed by atoms with Gasteiger partial charge in [0.15, 0.2) is 0 Å². The van der Waals surface area contributed by atoms with Gasteiger partial charge in [-0.1, -0.05) is 36.4 Å². The van der Waals surface area contributed by atoms with Crippen LogP contribution in [0.25, 0.3) is 22.0 Å². The summed E-state index contributed by atoms with van der Waals surface area (Å²) in [6.07, 6.45) is -0.175. The van der Waals surface area contributed by atoms with Gasteiger partial charge in [0.05, 0.1) is 12.1 Å². The molecule has 7 nitrogen and oxygen atoms in total. The second-order valence-corrected chi connectivity index (χ2v) is 5.77. The first-order chi connectivity index (χ1) is 12.5. The number of fused-ring (bicyclic) bond motifs is 1. The maximum Gasteiger partial charge on any atom is 0.305 e. The Labute approximate surface area is 148 Å². The maximum atomic E-state index is 12.0. The van der Waals surface area contributed by atoms with E-state index >= 15 is 0 Å². The molecule has 7 heteroatoms. The van der Waals surface area contributed by atoms with Crippen molar-refractivity contribution in [2.75, 3.05) is 6.54 Å². The number of nitrogens with zero attached hydrogens (tertiary/aromatic N) is 2. The van der Waals surface area contributed by atoms with Crippen LogP contribution >= 0.6 is 0 Å². The van der Waals surface area contributed by atoms with Gasteiger partial charge in [0.1, 0.15) is 6.54 Å². The number of amides is 1.